The van der Waals surface area contributed by atoms with Gasteiger partial charge in [-0.3, -0.25) is 4.79 Å². The predicted molar refractivity (Wildman–Crippen MR) is 77.5 cm³/mol. The van der Waals surface area contributed by atoms with Crippen LogP contribution in [-0.4, -0.2) is 18.4 Å². The van der Waals surface area contributed by atoms with Crippen molar-refractivity contribution in [3.8, 4) is 0 Å². The fraction of sp³-hybridized carbons (Fsp3) is 0.0667. The number of Topliss-reactive ketones (excluding diaryl/α,β-unsaturated/α-hetero) is 1. The first-order valence-electron chi connectivity index (χ1n) is 5.79. The molecule has 102 valence electrons. The van der Waals surface area contributed by atoms with Gasteiger partial charge in [0.15, 0.2) is 6.61 Å². The number of carbonyl (C=O) groups is 2. The molecule has 0 unspecified atom stereocenters. The number of ketones is 1. The molecule has 0 aromatic heterocycles. The van der Waals surface area contributed by atoms with Crippen LogP contribution in [0.5, 0.6) is 0 Å². The minimum absolute atomic E-state index is 0.223. The summed E-state index contributed by atoms with van der Waals surface area (Å²) in [4.78, 5) is 23.7. The van der Waals surface area contributed by atoms with Crippen molar-refractivity contribution < 1.29 is 14.3 Å². The van der Waals surface area contributed by atoms with Crippen LogP contribution in [-0.2, 0) is 4.74 Å². The molecule has 0 radical (unpaired) electrons. The minimum atomic E-state index is -0.643. The third kappa shape index (κ3) is 3.38. The molecule has 0 aliphatic carbocycles. The number of hydrogen-bond donors (Lipinski definition) is 0. The summed E-state index contributed by atoms with van der Waals surface area (Å²) in [5.41, 5.74) is 0.544. The van der Waals surface area contributed by atoms with Gasteiger partial charge in [-0.1, -0.05) is 47.5 Å². The van der Waals surface area contributed by atoms with E-state index in [1.54, 1.807) is 42.5 Å². The van der Waals surface area contributed by atoms with Crippen molar-refractivity contribution >= 4 is 35.0 Å². The summed E-state index contributed by atoms with van der Waals surface area (Å²) in [5.74, 6) is -1.01. The van der Waals surface area contributed by atoms with E-state index in [9.17, 15) is 9.59 Å². The van der Waals surface area contributed by atoms with Crippen LogP contribution in [0, 0.1) is 0 Å². The van der Waals surface area contributed by atoms with E-state index in [0.717, 1.165) is 0 Å². The molecule has 0 aliphatic rings. The van der Waals surface area contributed by atoms with Crippen molar-refractivity contribution in [1.82, 2.24) is 0 Å². The number of esters is 1. The van der Waals surface area contributed by atoms with Crippen LogP contribution in [0.3, 0.4) is 0 Å². The average molecular weight is 309 g/mol. The summed E-state index contributed by atoms with van der Waals surface area (Å²) in [6.45, 7) is -0.381. The zero-order valence-electron chi connectivity index (χ0n) is 10.3. The Morgan fingerprint density at radius 2 is 1.35 bits per heavy atom. The number of hydrogen-bond acceptors (Lipinski definition) is 3. The highest BCUT2D eigenvalue weighted by Gasteiger charge is 2.15. The van der Waals surface area contributed by atoms with E-state index >= 15 is 0 Å². The van der Waals surface area contributed by atoms with Gasteiger partial charge in [0.25, 0.3) is 0 Å². The summed E-state index contributed by atoms with van der Waals surface area (Å²) in [6, 6.07) is 13.1. The molecule has 0 bridgehead atoms. The van der Waals surface area contributed by atoms with E-state index in [1.807, 2.05) is 0 Å². The molecule has 2 rings (SSSR count). The van der Waals surface area contributed by atoms with Gasteiger partial charge in [-0.25, -0.2) is 4.79 Å². The van der Waals surface area contributed by atoms with Crippen LogP contribution in [0.1, 0.15) is 20.7 Å². The number of halogens is 2. The van der Waals surface area contributed by atoms with Crippen LogP contribution >= 0.6 is 23.2 Å². The van der Waals surface area contributed by atoms with Crippen LogP contribution in [0.25, 0.3) is 0 Å². The molecule has 5 heteroatoms. The highest BCUT2D eigenvalue weighted by Crippen LogP contribution is 2.18. The molecule has 0 atom stereocenters. The zero-order chi connectivity index (χ0) is 14.5. The van der Waals surface area contributed by atoms with Crippen molar-refractivity contribution in [2.24, 2.45) is 0 Å². The molecule has 2 aromatic carbocycles. The van der Waals surface area contributed by atoms with Gasteiger partial charge in [0.1, 0.15) is 0 Å². The maximum Gasteiger partial charge on any atom is 0.340 e. The SMILES string of the molecule is O=C(COC(=O)c1ccccc1Cl)c1ccccc1Cl. The summed E-state index contributed by atoms with van der Waals surface area (Å²) in [6.07, 6.45) is 0. The lowest BCUT2D eigenvalue weighted by atomic mass is 10.1. The smallest absolute Gasteiger partial charge is 0.340 e. The Labute approximate surface area is 126 Å². The lowest BCUT2D eigenvalue weighted by molar-refractivity contribution is 0.0475. The molecule has 0 amide bonds. The van der Waals surface area contributed by atoms with E-state index in [-0.39, 0.29) is 23.0 Å². The first-order valence-corrected chi connectivity index (χ1v) is 6.54. The van der Waals surface area contributed by atoms with E-state index < -0.39 is 5.97 Å². The first kappa shape index (κ1) is 14.6. The molecule has 0 saturated heterocycles. The molecule has 0 saturated carbocycles. The van der Waals surface area contributed by atoms with Crippen LogP contribution in [0.15, 0.2) is 48.5 Å². The van der Waals surface area contributed by atoms with Gasteiger partial charge in [0, 0.05) is 5.56 Å². The standard InChI is InChI=1S/C15H10Cl2O3/c16-12-7-3-1-5-10(12)14(18)9-20-15(19)11-6-2-4-8-13(11)17/h1-8H,9H2. The minimum Gasteiger partial charge on any atom is -0.454 e. The quantitative estimate of drug-likeness (QED) is 0.632. The lowest BCUT2D eigenvalue weighted by Crippen LogP contribution is -2.14. The van der Waals surface area contributed by atoms with Crippen molar-refractivity contribution in [3.05, 3.63) is 69.7 Å². The Hall–Kier alpha value is -1.84. The Bertz CT molecular complexity index is 596. The highest BCUT2D eigenvalue weighted by molar-refractivity contribution is 6.34. The van der Waals surface area contributed by atoms with Crippen molar-refractivity contribution in [1.29, 1.82) is 0 Å². The van der Waals surface area contributed by atoms with Crippen LogP contribution < -0.4 is 0 Å². The maximum atomic E-state index is 11.9. The second-order valence-corrected chi connectivity index (χ2v) is 4.77. The summed E-state index contributed by atoms with van der Waals surface area (Å²) < 4.78 is 4.95. The summed E-state index contributed by atoms with van der Waals surface area (Å²) >= 11 is 11.8. The summed E-state index contributed by atoms with van der Waals surface area (Å²) in [7, 11) is 0. The molecule has 0 N–H and O–H groups in total. The van der Waals surface area contributed by atoms with Gasteiger partial charge in [-0.05, 0) is 24.3 Å². The maximum absolute atomic E-state index is 11.9. The fourth-order valence-corrected chi connectivity index (χ4v) is 2.05. The van der Waals surface area contributed by atoms with Crippen molar-refractivity contribution in [2.75, 3.05) is 6.61 Å². The van der Waals surface area contributed by atoms with Gasteiger partial charge < -0.3 is 4.74 Å². The van der Waals surface area contributed by atoms with Gasteiger partial charge in [-0.15, -0.1) is 0 Å². The van der Waals surface area contributed by atoms with E-state index in [1.165, 1.54) is 6.07 Å². The Balaban J connectivity index is 2.03. The van der Waals surface area contributed by atoms with E-state index in [2.05, 4.69) is 0 Å². The fourth-order valence-electron chi connectivity index (χ4n) is 1.60. The normalized spacial score (nSPS) is 10.1. The third-order valence-corrected chi connectivity index (χ3v) is 3.26. The van der Waals surface area contributed by atoms with Crippen LogP contribution in [0.4, 0.5) is 0 Å². The average Bonchev–Trinajstić information content (AvgIpc) is 2.45. The first-order chi connectivity index (χ1) is 9.59. The van der Waals surface area contributed by atoms with Crippen LogP contribution in [0.2, 0.25) is 10.0 Å². The molecular weight excluding hydrogens is 299 g/mol. The number of rotatable bonds is 4. The molecular formula is C15H10Cl2O3. The molecule has 0 fully saturated rings. The molecule has 2 aromatic rings. The third-order valence-electron chi connectivity index (χ3n) is 2.60. The Morgan fingerprint density at radius 3 is 1.90 bits per heavy atom. The number of carbonyl (C=O) groups excluding carboxylic acids is 2. The number of benzene rings is 2. The van der Waals surface area contributed by atoms with Gasteiger partial charge in [0.2, 0.25) is 5.78 Å². The Kier molecular flexibility index (Phi) is 4.77. The van der Waals surface area contributed by atoms with Crippen molar-refractivity contribution in [2.45, 2.75) is 0 Å². The lowest BCUT2D eigenvalue weighted by Gasteiger charge is -2.06. The highest BCUT2D eigenvalue weighted by atomic mass is 35.5. The molecule has 3 nitrogen and oxygen atoms in total. The van der Waals surface area contributed by atoms with E-state index in [0.29, 0.717) is 10.6 Å². The molecule has 0 spiro atoms. The topological polar surface area (TPSA) is 43.4 Å². The van der Waals surface area contributed by atoms with Gasteiger partial charge in [0.05, 0.1) is 15.6 Å². The van der Waals surface area contributed by atoms with Gasteiger partial charge in [-0.2, -0.15) is 0 Å². The zero-order valence-corrected chi connectivity index (χ0v) is 11.8. The second-order valence-electron chi connectivity index (χ2n) is 3.96. The van der Waals surface area contributed by atoms with Crippen molar-refractivity contribution in [3.63, 3.8) is 0 Å². The molecule has 20 heavy (non-hydrogen) atoms. The largest absolute Gasteiger partial charge is 0.454 e. The molecule has 0 aliphatic heterocycles. The summed E-state index contributed by atoms with van der Waals surface area (Å²) in [5, 5.41) is 0.606. The number of ether oxygens (including phenoxy) is 1. The molecule has 0 heterocycles. The monoisotopic (exact) mass is 308 g/mol. The van der Waals surface area contributed by atoms with E-state index in [4.69, 9.17) is 27.9 Å². The van der Waals surface area contributed by atoms with Gasteiger partial charge >= 0.3 is 5.97 Å². The predicted octanol–water partition coefficient (Wildman–Crippen LogP) is 4.03. The second kappa shape index (κ2) is 6.55. The Morgan fingerprint density at radius 1 is 0.850 bits per heavy atom.